The average molecular weight is 1920 g/mol. The van der Waals surface area contributed by atoms with Gasteiger partial charge in [-0.05, 0) is 285 Å². The first-order valence-corrected chi connectivity index (χ1v) is 53.0. The fraction of sp³-hybridized carbons (Fsp3) is 0.861. The Kier molecular flexibility index (Phi) is 48.3. The van der Waals surface area contributed by atoms with E-state index in [9.17, 15) is 77.0 Å². The number of esters is 7. The Bertz CT molecular complexity index is 3550. The molecule has 1 N–H and O–H groups in total. The maximum Gasteiger partial charge on any atom is 0.312 e. The van der Waals surface area contributed by atoms with Gasteiger partial charge in [-0.2, -0.15) is 0 Å². The minimum atomic E-state index is -0.872. The minimum Gasteiger partial charge on any atom is -0.463 e. The molecule has 0 aromatic rings. The summed E-state index contributed by atoms with van der Waals surface area (Å²) < 4.78 is 65.8. The predicted octanol–water partition coefficient (Wildman–Crippen LogP) is 17.6. The fourth-order valence-corrected chi connectivity index (χ4v) is 25.7. The monoisotopic (exact) mass is 1920 g/mol. The second kappa shape index (κ2) is 58.1. The van der Waals surface area contributed by atoms with Crippen molar-refractivity contribution in [1.82, 2.24) is 0 Å². The molecule has 0 spiro atoms. The van der Waals surface area contributed by atoms with Crippen LogP contribution in [0.5, 0.6) is 0 Å². The van der Waals surface area contributed by atoms with Crippen molar-refractivity contribution in [2.24, 2.45) is 116 Å². The first kappa shape index (κ1) is 113. The van der Waals surface area contributed by atoms with Gasteiger partial charge in [0.15, 0.2) is 6.29 Å². The molecular weight excluding hydrogens is 1750 g/mol. The van der Waals surface area contributed by atoms with E-state index in [1.807, 2.05) is 0 Å². The molecule has 14 aliphatic carbocycles. The Morgan fingerprint density at radius 2 is 0.449 bits per heavy atom. The number of hydrogen-bond acceptors (Lipinski definition) is 28. The number of aliphatic hydroxyl groups is 1. The van der Waals surface area contributed by atoms with Crippen LogP contribution in [0.15, 0.2) is 0 Å². The number of carbonyl (C=O) groups excluding carboxylic acids is 15. The van der Waals surface area contributed by atoms with Gasteiger partial charge in [-0.3, -0.25) is 71.9 Å². The summed E-state index contributed by atoms with van der Waals surface area (Å²) in [5.41, 5.74) is -1.35. The molecular formula is C108H170O28. The molecule has 0 aromatic carbocycles. The SMILES string of the molecule is CC(=O)C12CC3CC(C1)CC(C(=O)OCCOCCO[C@H](O)C14CC5CC(CC(C(C)=O)(C5)C1)C4)(C3)C2.CC(=O)[C@@H]1CCCCC[C@@H](C(=O)OCCOCCOC(=O)[C@H]2CCCCC[C@H](C(C)=O)C2)C1.CC(=O)[C@@H]1CCCCC[C@H](C(=O)OCCOCCOC(=O)[C@@H]2CCCCC[C@H](C(C)=O)C2)C1.CC(=O)[C@@H]1CCCC[C@H](C(=O)OCCOCCOC(=O)[C@@H]2CCCC[C@H](C(C)=O)CC2)CC1. The molecule has 28 nitrogen and oxygen atoms in total. The molecule has 17 atom stereocenters. The molecule has 0 amide bonds. The molecule has 0 saturated heterocycles. The Morgan fingerprint density at radius 1 is 0.228 bits per heavy atom. The first-order chi connectivity index (χ1) is 65.2. The van der Waals surface area contributed by atoms with Gasteiger partial charge in [0.1, 0.15) is 92.5 Å². The van der Waals surface area contributed by atoms with Crippen molar-refractivity contribution < 1.29 is 134 Å². The first-order valence-electron chi connectivity index (χ1n) is 53.0. The van der Waals surface area contributed by atoms with Gasteiger partial charge in [-0.15, -0.1) is 0 Å². The summed E-state index contributed by atoms with van der Waals surface area (Å²) in [6.07, 6.45) is 41.7. The van der Waals surface area contributed by atoms with Crippen molar-refractivity contribution in [1.29, 1.82) is 0 Å². The van der Waals surface area contributed by atoms with E-state index in [-0.39, 0.29) is 274 Å². The Balaban J connectivity index is 0.000000204. The minimum absolute atomic E-state index is 0.0441. The molecule has 770 valence electrons. The highest BCUT2D eigenvalue weighted by Gasteiger charge is 2.64. The molecule has 14 aliphatic rings. The molecule has 0 aromatic heterocycles. The molecule has 0 heterocycles. The van der Waals surface area contributed by atoms with Gasteiger partial charge in [0.2, 0.25) is 0 Å². The van der Waals surface area contributed by atoms with E-state index >= 15 is 0 Å². The van der Waals surface area contributed by atoms with E-state index in [2.05, 4.69) is 0 Å². The van der Waals surface area contributed by atoms with Crippen LogP contribution in [0, 0.1) is 116 Å². The van der Waals surface area contributed by atoms with Crippen molar-refractivity contribution >= 4 is 88.1 Å². The zero-order valence-electron chi connectivity index (χ0n) is 84.0. The van der Waals surface area contributed by atoms with Gasteiger partial charge in [-0.25, -0.2) is 0 Å². The second-order valence-electron chi connectivity index (χ2n) is 43.3. The smallest absolute Gasteiger partial charge is 0.312 e. The molecule has 28 heteroatoms. The number of rotatable bonds is 41. The standard InChI is InChI=1S/C30H44O7.3C26H42O7/c1-19(31)27-9-21-7-22(10-27)14-29(13-21,17-27)25(33)36-5-3-35-4-6-37-26(34)30-15-23-8-24(16-30)12-28(11-23,18-30)20(2)32;1-19(27)21-7-3-5-9-23(13-11-21)25(29)32-17-15-31-16-18-33-26(30)24-10-6-4-8-22(12-14-24)20(2)28;2*1-19(27)21-9-5-3-7-11-23(17-21)25(29)32-15-13-31-14-16-33-26(30)24-12-8-4-6-10-22(18-24)20(2)28/h21-25,33H,3-18H2,1-2H3;3*21-24H,3-18H2,1-2H3/t21?,22?,23?,24?,25-,27?,28?,29?,30?;2*21-,22+,23+,24-;21-,22+,23-,24+/m0.../s1. The van der Waals surface area contributed by atoms with Gasteiger partial charge >= 0.3 is 41.8 Å². The normalized spacial score (nSPS) is 31.9. The van der Waals surface area contributed by atoms with E-state index < -0.39 is 11.7 Å². The van der Waals surface area contributed by atoms with Crippen LogP contribution in [-0.4, -0.2) is 205 Å². The Morgan fingerprint density at radius 3 is 0.735 bits per heavy atom. The van der Waals surface area contributed by atoms with Gasteiger partial charge in [0.25, 0.3) is 0 Å². The van der Waals surface area contributed by atoms with Gasteiger partial charge in [-0.1, -0.05) is 103 Å². The lowest BCUT2D eigenvalue weighted by atomic mass is 9.43. The van der Waals surface area contributed by atoms with Crippen LogP contribution in [-0.2, 0) is 129 Å². The highest BCUT2D eigenvalue weighted by molar-refractivity contribution is 5.87. The Hall–Kier alpha value is -6.59. The van der Waals surface area contributed by atoms with Crippen molar-refractivity contribution in [2.75, 3.05) is 106 Å². The summed E-state index contributed by atoms with van der Waals surface area (Å²) in [7, 11) is 0. The number of carbonyl (C=O) groups is 15. The van der Waals surface area contributed by atoms with Crippen molar-refractivity contribution in [3.8, 4) is 0 Å². The lowest BCUT2D eigenvalue weighted by Crippen LogP contribution is -2.58. The quantitative estimate of drug-likeness (QED) is 0.0257. The lowest BCUT2D eigenvalue weighted by molar-refractivity contribution is -0.244. The van der Waals surface area contributed by atoms with Crippen LogP contribution in [0.4, 0.5) is 0 Å². The lowest BCUT2D eigenvalue weighted by Gasteiger charge is -2.62. The highest BCUT2D eigenvalue weighted by Crippen LogP contribution is 2.68. The number of Topliss-reactive ketones (excluding diaryl/α,β-unsaturated/α-hetero) is 8. The van der Waals surface area contributed by atoms with Crippen molar-refractivity contribution in [3.05, 3.63) is 0 Å². The third-order valence-corrected chi connectivity index (χ3v) is 33.0. The molecule has 8 bridgehead atoms. The van der Waals surface area contributed by atoms with Gasteiger partial charge < -0.3 is 61.9 Å². The van der Waals surface area contributed by atoms with E-state index in [0.717, 1.165) is 257 Å². The molecule has 14 saturated carbocycles. The van der Waals surface area contributed by atoms with E-state index in [1.165, 1.54) is 6.42 Å². The third kappa shape index (κ3) is 36.1. The van der Waals surface area contributed by atoms with Gasteiger partial charge in [0, 0.05) is 51.8 Å². The van der Waals surface area contributed by atoms with Crippen LogP contribution in [0.3, 0.4) is 0 Å². The van der Waals surface area contributed by atoms with Crippen LogP contribution < -0.4 is 0 Å². The van der Waals surface area contributed by atoms with E-state index in [4.69, 9.17) is 56.8 Å². The number of aliphatic hydroxyl groups excluding tert-OH is 1. The maximum absolute atomic E-state index is 13.1. The fourth-order valence-electron chi connectivity index (χ4n) is 25.7. The van der Waals surface area contributed by atoms with Crippen LogP contribution in [0.25, 0.3) is 0 Å². The largest absolute Gasteiger partial charge is 0.463 e. The highest BCUT2D eigenvalue weighted by atomic mass is 16.6. The summed E-state index contributed by atoms with van der Waals surface area (Å²) in [6.45, 7) is 16.6. The number of ketones is 8. The topological polar surface area (TPSA) is 387 Å². The molecule has 136 heavy (non-hydrogen) atoms. The summed E-state index contributed by atoms with van der Waals surface area (Å²) in [5.74, 6) is 0.824. The maximum atomic E-state index is 13.1. The number of ether oxygens (including phenoxy) is 12. The molecule has 4 unspecified atom stereocenters. The third-order valence-electron chi connectivity index (χ3n) is 33.0. The van der Waals surface area contributed by atoms with E-state index in [0.29, 0.717) is 75.2 Å². The molecule has 14 rings (SSSR count). The molecule has 0 radical (unpaired) electrons. The summed E-state index contributed by atoms with van der Waals surface area (Å²) in [4.78, 5) is 183. The average Bonchev–Trinajstić information content (AvgIpc) is 0.717. The van der Waals surface area contributed by atoms with Crippen molar-refractivity contribution in [2.45, 2.75) is 370 Å². The zero-order valence-corrected chi connectivity index (χ0v) is 84.0. The summed E-state index contributed by atoms with van der Waals surface area (Å²) >= 11 is 0. The van der Waals surface area contributed by atoms with Crippen LogP contribution >= 0.6 is 0 Å². The predicted molar refractivity (Wildman–Crippen MR) is 505 cm³/mol. The second-order valence-corrected chi connectivity index (χ2v) is 43.3. The number of hydrogen-bond donors (Lipinski definition) is 1. The van der Waals surface area contributed by atoms with E-state index in [1.54, 1.807) is 55.4 Å². The van der Waals surface area contributed by atoms with Crippen molar-refractivity contribution in [3.63, 3.8) is 0 Å². The zero-order chi connectivity index (χ0) is 98.2. The molecule has 0 aliphatic heterocycles. The van der Waals surface area contributed by atoms with Crippen LogP contribution in [0.2, 0.25) is 0 Å². The van der Waals surface area contributed by atoms with Gasteiger partial charge in [0.05, 0.1) is 100 Å². The van der Waals surface area contributed by atoms with Crippen LogP contribution in [0.1, 0.15) is 364 Å². The summed E-state index contributed by atoms with van der Waals surface area (Å²) in [6, 6.07) is 0. The summed E-state index contributed by atoms with van der Waals surface area (Å²) in [5, 5.41) is 11.0. The Labute approximate surface area is 809 Å². The molecule has 14 fully saturated rings.